The van der Waals surface area contributed by atoms with E-state index in [9.17, 15) is 9.90 Å². The minimum Gasteiger partial charge on any atom is -0.449 e. The minimum atomic E-state index is -1.04. The van der Waals surface area contributed by atoms with Gasteiger partial charge in [-0.2, -0.15) is 0 Å². The molecule has 2 atom stereocenters. The second-order valence-corrected chi connectivity index (χ2v) is 4.87. The third-order valence-electron chi connectivity index (χ3n) is 2.37. The van der Waals surface area contributed by atoms with Crippen molar-refractivity contribution in [2.45, 2.75) is 65.6 Å². The van der Waals surface area contributed by atoms with Gasteiger partial charge in [0.15, 0.2) is 6.10 Å². The molecule has 1 N–H and O–H groups in total. The van der Waals surface area contributed by atoms with Crippen molar-refractivity contribution in [1.29, 1.82) is 0 Å². The Morgan fingerprint density at radius 3 is 2.50 bits per heavy atom. The Hall–Kier alpha value is -1.27. The van der Waals surface area contributed by atoms with E-state index in [1.807, 2.05) is 20.8 Å². The van der Waals surface area contributed by atoms with E-state index in [1.165, 1.54) is 12.5 Å². The Kier molecular flexibility index (Phi) is 7.38. The van der Waals surface area contributed by atoms with Gasteiger partial charge in [-0.15, -0.1) is 0 Å². The summed E-state index contributed by atoms with van der Waals surface area (Å²) >= 11 is 0. The lowest BCUT2D eigenvalue weighted by molar-refractivity contribution is -0.143. The summed E-state index contributed by atoms with van der Waals surface area (Å²) in [7, 11) is 0. The zero-order chi connectivity index (χ0) is 14.2. The second kappa shape index (κ2) is 7.94. The third kappa shape index (κ3) is 8.83. The van der Waals surface area contributed by atoms with Crippen molar-refractivity contribution in [2.75, 3.05) is 0 Å². The zero-order valence-corrected chi connectivity index (χ0v) is 12.0. The number of esters is 1. The molecule has 0 aromatic carbocycles. The quantitative estimate of drug-likeness (QED) is 0.465. The first-order valence-electron chi connectivity index (χ1n) is 6.32. The molecule has 0 saturated carbocycles. The van der Waals surface area contributed by atoms with Crippen LogP contribution in [0.25, 0.3) is 0 Å². The van der Waals surface area contributed by atoms with Gasteiger partial charge < -0.3 is 9.84 Å². The average molecular weight is 252 g/mol. The second-order valence-electron chi connectivity index (χ2n) is 4.87. The number of carbonyl (C=O) groups is 1. The van der Waals surface area contributed by atoms with Crippen LogP contribution in [0.15, 0.2) is 11.6 Å². The molecule has 0 aliphatic rings. The van der Waals surface area contributed by atoms with Gasteiger partial charge in [-0.1, -0.05) is 30.4 Å². The lowest BCUT2D eigenvalue weighted by Gasteiger charge is -2.16. The van der Waals surface area contributed by atoms with Gasteiger partial charge in [-0.3, -0.25) is 4.79 Å². The Bertz CT molecular complexity index is 352. The normalized spacial score (nSPS) is 14.8. The van der Waals surface area contributed by atoms with Gasteiger partial charge >= 0.3 is 5.97 Å². The molecule has 3 nitrogen and oxygen atoms in total. The molecule has 2 unspecified atom stereocenters. The first-order chi connectivity index (χ1) is 8.26. The summed E-state index contributed by atoms with van der Waals surface area (Å²) < 4.78 is 5.00. The fourth-order valence-corrected chi connectivity index (χ4v) is 1.36. The fraction of sp³-hybridized carbons (Fsp3) is 0.667. The van der Waals surface area contributed by atoms with Crippen molar-refractivity contribution >= 4 is 5.97 Å². The Balaban J connectivity index is 4.45. The average Bonchev–Trinajstić information content (AvgIpc) is 2.22. The predicted octanol–water partition coefficient (Wildman–Crippen LogP) is 2.83. The van der Waals surface area contributed by atoms with Crippen LogP contribution in [-0.4, -0.2) is 22.8 Å². The fourth-order valence-electron chi connectivity index (χ4n) is 1.36. The van der Waals surface area contributed by atoms with Crippen LogP contribution < -0.4 is 0 Å². The van der Waals surface area contributed by atoms with Crippen LogP contribution in [0, 0.1) is 11.8 Å². The number of carbonyl (C=O) groups excluding carboxylic acids is 1. The van der Waals surface area contributed by atoms with E-state index in [0.29, 0.717) is 12.8 Å². The summed E-state index contributed by atoms with van der Waals surface area (Å²) in [6, 6.07) is 0. The molecule has 0 fully saturated rings. The third-order valence-corrected chi connectivity index (χ3v) is 2.37. The molecule has 18 heavy (non-hydrogen) atoms. The van der Waals surface area contributed by atoms with Crippen LogP contribution >= 0.6 is 0 Å². The first-order valence-corrected chi connectivity index (χ1v) is 6.32. The number of hydrogen-bond acceptors (Lipinski definition) is 3. The van der Waals surface area contributed by atoms with E-state index in [2.05, 4.69) is 17.9 Å². The molecule has 0 amide bonds. The number of aliphatic hydroxyl groups is 1. The summed E-state index contributed by atoms with van der Waals surface area (Å²) in [5.74, 6) is 5.26. The molecule has 0 saturated heterocycles. The summed E-state index contributed by atoms with van der Waals surface area (Å²) in [6.45, 7) is 8.97. The van der Waals surface area contributed by atoms with Crippen LogP contribution in [0.3, 0.4) is 0 Å². The largest absolute Gasteiger partial charge is 0.449 e. The van der Waals surface area contributed by atoms with Crippen molar-refractivity contribution in [3.05, 3.63) is 11.6 Å². The van der Waals surface area contributed by atoms with Gasteiger partial charge in [0.05, 0.1) is 0 Å². The molecule has 0 aromatic heterocycles. The molecule has 3 heteroatoms. The number of hydrogen-bond donors (Lipinski definition) is 1. The standard InChI is InChI=1S/C15H24O3/c1-6-14(18-13(4)16)9-11-15(5,17)10-7-8-12(2)3/h8,14,17H,6-7,10H2,1-5H3. The predicted molar refractivity (Wildman–Crippen MR) is 72.9 cm³/mol. The summed E-state index contributed by atoms with van der Waals surface area (Å²) in [5.41, 5.74) is 0.185. The van der Waals surface area contributed by atoms with Crippen LogP contribution in [0.1, 0.15) is 53.9 Å². The summed E-state index contributed by atoms with van der Waals surface area (Å²) in [4.78, 5) is 10.8. The highest BCUT2D eigenvalue weighted by Gasteiger charge is 2.16. The lowest BCUT2D eigenvalue weighted by Crippen LogP contribution is -2.22. The molecule has 0 aliphatic heterocycles. The molecule has 0 spiro atoms. The van der Waals surface area contributed by atoms with Gasteiger partial charge in [0.1, 0.15) is 5.60 Å². The van der Waals surface area contributed by atoms with E-state index >= 15 is 0 Å². The molecular formula is C15H24O3. The number of allylic oxidation sites excluding steroid dienone is 2. The molecular weight excluding hydrogens is 228 g/mol. The molecule has 0 aliphatic carbocycles. The SMILES string of the molecule is CCC(C#CC(C)(O)CCC=C(C)C)OC(C)=O. The molecule has 0 radical (unpaired) electrons. The van der Waals surface area contributed by atoms with Crippen molar-refractivity contribution in [2.24, 2.45) is 0 Å². The highest BCUT2D eigenvalue weighted by molar-refractivity contribution is 5.66. The van der Waals surface area contributed by atoms with E-state index in [1.54, 1.807) is 6.92 Å². The maximum Gasteiger partial charge on any atom is 0.303 e. The Labute approximate surface area is 110 Å². The van der Waals surface area contributed by atoms with Crippen molar-refractivity contribution < 1.29 is 14.6 Å². The highest BCUT2D eigenvalue weighted by Crippen LogP contribution is 2.12. The monoisotopic (exact) mass is 252 g/mol. The van der Waals surface area contributed by atoms with Crippen LogP contribution in [0.2, 0.25) is 0 Å². The molecule has 0 heterocycles. The van der Waals surface area contributed by atoms with Crippen LogP contribution in [0.4, 0.5) is 0 Å². The van der Waals surface area contributed by atoms with Gasteiger partial charge in [0.25, 0.3) is 0 Å². The van der Waals surface area contributed by atoms with E-state index in [0.717, 1.165) is 6.42 Å². The maximum absolute atomic E-state index is 10.8. The van der Waals surface area contributed by atoms with Gasteiger partial charge in [0.2, 0.25) is 0 Å². The lowest BCUT2D eigenvalue weighted by atomic mass is 9.99. The van der Waals surface area contributed by atoms with Gasteiger partial charge in [0, 0.05) is 6.92 Å². The Morgan fingerprint density at radius 1 is 1.44 bits per heavy atom. The first kappa shape index (κ1) is 16.7. The van der Waals surface area contributed by atoms with Gasteiger partial charge in [-0.05, 0) is 40.0 Å². The molecule has 102 valence electrons. The minimum absolute atomic E-state index is 0.347. The van der Waals surface area contributed by atoms with E-state index in [-0.39, 0.29) is 5.97 Å². The molecule has 0 aromatic rings. The molecule has 0 bridgehead atoms. The topological polar surface area (TPSA) is 46.5 Å². The van der Waals surface area contributed by atoms with E-state index in [4.69, 9.17) is 4.74 Å². The highest BCUT2D eigenvalue weighted by atomic mass is 16.5. The summed E-state index contributed by atoms with van der Waals surface area (Å²) in [6.07, 6.45) is 3.61. The summed E-state index contributed by atoms with van der Waals surface area (Å²) in [5, 5.41) is 10.1. The zero-order valence-electron chi connectivity index (χ0n) is 12.0. The number of ether oxygens (including phenoxy) is 1. The molecule has 0 rings (SSSR count). The van der Waals surface area contributed by atoms with Crippen LogP contribution in [0.5, 0.6) is 0 Å². The van der Waals surface area contributed by atoms with Crippen molar-refractivity contribution in [3.63, 3.8) is 0 Å². The van der Waals surface area contributed by atoms with Crippen molar-refractivity contribution in [3.8, 4) is 11.8 Å². The van der Waals surface area contributed by atoms with Crippen molar-refractivity contribution in [1.82, 2.24) is 0 Å². The van der Waals surface area contributed by atoms with Crippen LogP contribution in [-0.2, 0) is 9.53 Å². The Morgan fingerprint density at radius 2 is 2.06 bits per heavy atom. The smallest absolute Gasteiger partial charge is 0.303 e. The maximum atomic E-state index is 10.8. The van der Waals surface area contributed by atoms with Gasteiger partial charge in [-0.25, -0.2) is 0 Å². The number of rotatable bonds is 5. The van der Waals surface area contributed by atoms with E-state index < -0.39 is 11.7 Å².